The van der Waals surface area contributed by atoms with Crippen LogP contribution in [0.2, 0.25) is 0 Å². The second-order valence-electron chi connectivity index (χ2n) is 6.41. The van der Waals surface area contributed by atoms with E-state index in [0.29, 0.717) is 19.6 Å². The van der Waals surface area contributed by atoms with Crippen molar-refractivity contribution in [2.45, 2.75) is 52.7 Å². The molecule has 7 heteroatoms. The highest BCUT2D eigenvalue weighted by atomic mass is 32.2. The van der Waals surface area contributed by atoms with E-state index in [-0.39, 0.29) is 17.9 Å². The predicted molar refractivity (Wildman–Crippen MR) is 85.3 cm³/mol. The lowest BCUT2D eigenvalue weighted by molar-refractivity contribution is 0.0251. The maximum Gasteiger partial charge on any atom is 0.410 e. The molecule has 0 heterocycles. The van der Waals surface area contributed by atoms with Crippen LogP contribution in [0.5, 0.6) is 0 Å². The Hall–Kier alpha value is -0.820. The van der Waals surface area contributed by atoms with E-state index in [0.717, 1.165) is 6.42 Å². The third-order valence-corrected chi connectivity index (χ3v) is 3.68. The molecule has 0 spiro atoms. The third kappa shape index (κ3) is 11.5. The van der Waals surface area contributed by atoms with Crippen LogP contribution in [0.25, 0.3) is 0 Å². The Labute approximate surface area is 129 Å². The molecule has 0 radical (unpaired) electrons. The monoisotopic (exact) mass is 322 g/mol. The molecule has 0 aromatic heterocycles. The van der Waals surface area contributed by atoms with E-state index in [2.05, 4.69) is 5.32 Å². The Kier molecular flexibility index (Phi) is 8.25. The molecule has 0 bridgehead atoms. The Morgan fingerprint density at radius 2 is 1.86 bits per heavy atom. The Morgan fingerprint density at radius 1 is 1.29 bits per heavy atom. The van der Waals surface area contributed by atoms with Crippen molar-refractivity contribution in [3.63, 3.8) is 0 Å². The number of hydrogen-bond donors (Lipinski definition) is 1. The number of hydrogen-bond acceptors (Lipinski definition) is 5. The van der Waals surface area contributed by atoms with Gasteiger partial charge in [-0.05, 0) is 34.1 Å². The Balaban J connectivity index is 4.30. The van der Waals surface area contributed by atoms with E-state index in [1.165, 1.54) is 6.26 Å². The average Bonchev–Trinajstić information content (AvgIpc) is 2.22. The van der Waals surface area contributed by atoms with E-state index >= 15 is 0 Å². The molecular formula is C14H30N2O4S. The van der Waals surface area contributed by atoms with Gasteiger partial charge in [0.2, 0.25) is 0 Å². The van der Waals surface area contributed by atoms with Gasteiger partial charge in [-0.15, -0.1) is 0 Å². The van der Waals surface area contributed by atoms with Gasteiger partial charge in [-0.3, -0.25) is 0 Å². The van der Waals surface area contributed by atoms with Gasteiger partial charge in [-0.25, -0.2) is 13.2 Å². The number of carbonyl (C=O) groups excluding carboxylic acids is 1. The summed E-state index contributed by atoms with van der Waals surface area (Å²) in [6, 6.07) is -0.137. The summed E-state index contributed by atoms with van der Waals surface area (Å²) in [6.45, 7) is 11.0. The number of ether oxygens (including phenoxy) is 1. The zero-order chi connectivity index (χ0) is 16.7. The minimum atomic E-state index is -2.99. The molecule has 0 aliphatic carbocycles. The first-order valence-electron chi connectivity index (χ1n) is 7.33. The normalized spacial score (nSPS) is 13.8. The lowest BCUT2D eigenvalue weighted by Gasteiger charge is -2.27. The summed E-state index contributed by atoms with van der Waals surface area (Å²) >= 11 is 0. The highest BCUT2D eigenvalue weighted by molar-refractivity contribution is 7.90. The van der Waals surface area contributed by atoms with Crippen LogP contribution < -0.4 is 5.32 Å². The number of sulfone groups is 1. The van der Waals surface area contributed by atoms with Gasteiger partial charge in [0.25, 0.3) is 0 Å². The average molecular weight is 322 g/mol. The Bertz CT molecular complexity index is 415. The first-order valence-corrected chi connectivity index (χ1v) is 9.39. The number of carbonyl (C=O) groups is 1. The maximum atomic E-state index is 12.0. The van der Waals surface area contributed by atoms with Crippen molar-refractivity contribution in [3.05, 3.63) is 0 Å². The lowest BCUT2D eigenvalue weighted by Crippen LogP contribution is -2.43. The van der Waals surface area contributed by atoms with Crippen LogP contribution in [0.3, 0.4) is 0 Å². The van der Waals surface area contributed by atoms with E-state index in [4.69, 9.17) is 4.74 Å². The summed E-state index contributed by atoms with van der Waals surface area (Å²) in [5.74, 6) is 0.0905. The zero-order valence-electron chi connectivity index (χ0n) is 14.1. The first kappa shape index (κ1) is 20.2. The zero-order valence-corrected chi connectivity index (χ0v) is 14.9. The van der Waals surface area contributed by atoms with Gasteiger partial charge in [-0.1, -0.05) is 6.92 Å². The molecule has 21 heavy (non-hydrogen) atoms. The lowest BCUT2D eigenvalue weighted by atomic mass is 10.2. The van der Waals surface area contributed by atoms with Crippen LogP contribution in [-0.2, 0) is 14.6 Å². The highest BCUT2D eigenvalue weighted by Crippen LogP contribution is 2.10. The fourth-order valence-corrected chi connectivity index (χ4v) is 2.88. The molecule has 0 aromatic rings. The standard InChI is InChI=1S/C14H30N2O4S/c1-7-9-16(13(17)20-14(3,4)5)10-8-15-12(2)11-21(6,18)19/h12,15H,7-11H2,1-6H3. The van der Waals surface area contributed by atoms with Gasteiger partial charge in [-0.2, -0.15) is 0 Å². The molecule has 0 saturated carbocycles. The fraction of sp³-hybridized carbons (Fsp3) is 0.929. The summed E-state index contributed by atoms with van der Waals surface area (Å²) in [5, 5.41) is 3.12. The number of amides is 1. The minimum Gasteiger partial charge on any atom is -0.444 e. The van der Waals surface area contributed by atoms with Gasteiger partial charge in [0.05, 0.1) is 5.75 Å². The smallest absolute Gasteiger partial charge is 0.410 e. The van der Waals surface area contributed by atoms with Gasteiger partial charge >= 0.3 is 6.09 Å². The second-order valence-corrected chi connectivity index (χ2v) is 8.60. The molecule has 0 saturated heterocycles. The quantitative estimate of drug-likeness (QED) is 0.735. The van der Waals surface area contributed by atoms with Crippen LogP contribution in [0.15, 0.2) is 0 Å². The van der Waals surface area contributed by atoms with E-state index in [1.54, 1.807) is 4.90 Å². The molecule has 0 aliphatic heterocycles. The van der Waals surface area contributed by atoms with Crippen molar-refractivity contribution in [2.24, 2.45) is 0 Å². The van der Waals surface area contributed by atoms with Crippen LogP contribution in [0.4, 0.5) is 4.79 Å². The second kappa shape index (κ2) is 8.58. The third-order valence-electron chi connectivity index (χ3n) is 2.57. The summed E-state index contributed by atoms with van der Waals surface area (Å²) in [6.07, 6.45) is 1.73. The van der Waals surface area contributed by atoms with Gasteiger partial charge in [0.15, 0.2) is 0 Å². The molecule has 1 amide bonds. The first-order chi connectivity index (χ1) is 9.44. The van der Waals surface area contributed by atoms with Crippen molar-refractivity contribution in [3.8, 4) is 0 Å². The SMILES string of the molecule is CCCN(CCNC(C)CS(C)(=O)=O)C(=O)OC(C)(C)C. The Morgan fingerprint density at radius 3 is 2.29 bits per heavy atom. The fourth-order valence-electron chi connectivity index (χ4n) is 1.85. The number of nitrogens with one attached hydrogen (secondary N) is 1. The van der Waals surface area contributed by atoms with Crippen LogP contribution >= 0.6 is 0 Å². The van der Waals surface area contributed by atoms with Crippen molar-refractivity contribution >= 4 is 15.9 Å². The van der Waals surface area contributed by atoms with Crippen LogP contribution in [0, 0.1) is 0 Å². The number of rotatable bonds is 8. The maximum absolute atomic E-state index is 12.0. The molecule has 0 fully saturated rings. The van der Waals surface area contributed by atoms with Gasteiger partial charge < -0.3 is 15.0 Å². The van der Waals surface area contributed by atoms with E-state index in [9.17, 15) is 13.2 Å². The highest BCUT2D eigenvalue weighted by Gasteiger charge is 2.21. The van der Waals surface area contributed by atoms with Gasteiger partial charge in [0.1, 0.15) is 15.4 Å². The molecule has 1 N–H and O–H groups in total. The van der Waals surface area contributed by atoms with Crippen molar-refractivity contribution in [1.82, 2.24) is 10.2 Å². The molecule has 126 valence electrons. The molecule has 1 unspecified atom stereocenters. The molecule has 1 atom stereocenters. The van der Waals surface area contributed by atoms with Crippen molar-refractivity contribution in [2.75, 3.05) is 31.6 Å². The summed E-state index contributed by atoms with van der Waals surface area (Å²) < 4.78 is 27.7. The molecule has 0 rings (SSSR count). The molecular weight excluding hydrogens is 292 g/mol. The largest absolute Gasteiger partial charge is 0.444 e. The molecule has 0 aliphatic rings. The van der Waals surface area contributed by atoms with Crippen LogP contribution in [-0.4, -0.2) is 62.7 Å². The predicted octanol–water partition coefficient (Wildman–Crippen LogP) is 1.66. The molecule has 6 nitrogen and oxygen atoms in total. The van der Waals surface area contributed by atoms with Gasteiger partial charge in [0, 0.05) is 31.9 Å². The van der Waals surface area contributed by atoms with Crippen molar-refractivity contribution < 1.29 is 17.9 Å². The summed E-state index contributed by atoms with van der Waals surface area (Å²) in [7, 11) is -2.99. The van der Waals surface area contributed by atoms with E-state index < -0.39 is 15.4 Å². The minimum absolute atomic E-state index is 0.0905. The summed E-state index contributed by atoms with van der Waals surface area (Å²) in [4.78, 5) is 13.7. The van der Waals surface area contributed by atoms with E-state index in [1.807, 2.05) is 34.6 Å². The number of nitrogens with zero attached hydrogens (tertiary/aromatic N) is 1. The summed E-state index contributed by atoms with van der Waals surface area (Å²) in [5.41, 5.74) is -0.514. The van der Waals surface area contributed by atoms with Crippen molar-refractivity contribution in [1.29, 1.82) is 0 Å². The topological polar surface area (TPSA) is 75.7 Å². The molecule has 0 aromatic carbocycles. The van der Waals surface area contributed by atoms with Crippen LogP contribution in [0.1, 0.15) is 41.0 Å².